The smallest absolute Gasteiger partial charge is 0.261 e. The number of aromatic nitrogens is 2. The molecule has 0 aliphatic heterocycles. The lowest BCUT2D eigenvalue weighted by Gasteiger charge is -2.17. The van der Waals surface area contributed by atoms with Crippen LogP contribution in [0.25, 0.3) is 10.9 Å². The number of hydrogen-bond donors (Lipinski definition) is 0. The van der Waals surface area contributed by atoms with Gasteiger partial charge < -0.3 is 4.90 Å². The Kier molecular flexibility index (Phi) is 4.39. The van der Waals surface area contributed by atoms with E-state index < -0.39 is 0 Å². The van der Waals surface area contributed by atoms with Gasteiger partial charge in [-0.15, -0.1) is 11.6 Å². The molecular weight excluding hydrogens is 278 g/mol. The molecule has 5 nitrogen and oxygen atoms in total. The summed E-state index contributed by atoms with van der Waals surface area (Å²) in [4.78, 5) is 30.4. The average molecular weight is 294 g/mol. The van der Waals surface area contributed by atoms with Crippen molar-refractivity contribution in [1.82, 2.24) is 14.5 Å². The Morgan fingerprint density at radius 2 is 2.10 bits per heavy atom. The predicted octanol–water partition coefficient (Wildman–Crippen LogP) is 1.61. The van der Waals surface area contributed by atoms with Crippen LogP contribution in [0.15, 0.2) is 29.1 Å². The van der Waals surface area contributed by atoms with E-state index in [2.05, 4.69) is 4.98 Å². The molecule has 0 unspecified atom stereocenters. The largest absolute Gasteiger partial charge is 0.344 e. The molecule has 1 amide bonds. The number of carbonyl (C=O) groups excluding carboxylic acids is 1. The van der Waals surface area contributed by atoms with E-state index in [-0.39, 0.29) is 23.9 Å². The van der Waals surface area contributed by atoms with Gasteiger partial charge in [0.15, 0.2) is 0 Å². The van der Waals surface area contributed by atoms with Crippen molar-refractivity contribution < 1.29 is 4.79 Å². The number of amides is 1. The van der Waals surface area contributed by atoms with Gasteiger partial charge in [0.25, 0.3) is 5.56 Å². The number of fused-ring (bicyclic) bond motifs is 1. The second-order valence-electron chi connectivity index (χ2n) is 4.48. The molecule has 106 valence electrons. The molecule has 1 aromatic heterocycles. The van der Waals surface area contributed by atoms with E-state index in [0.29, 0.717) is 23.3 Å². The van der Waals surface area contributed by atoms with E-state index in [1.165, 1.54) is 4.57 Å². The number of rotatable bonds is 4. The quantitative estimate of drug-likeness (QED) is 0.805. The van der Waals surface area contributed by atoms with Crippen LogP contribution in [0, 0.1) is 0 Å². The summed E-state index contributed by atoms with van der Waals surface area (Å²) in [5.41, 5.74) is 0.366. The molecule has 6 heteroatoms. The third-order valence-corrected chi connectivity index (χ3v) is 3.49. The average Bonchev–Trinajstić information content (AvgIpc) is 2.48. The highest BCUT2D eigenvalue weighted by atomic mass is 35.5. The highest BCUT2D eigenvalue weighted by molar-refractivity contribution is 6.16. The summed E-state index contributed by atoms with van der Waals surface area (Å²) >= 11 is 5.85. The van der Waals surface area contributed by atoms with Gasteiger partial charge in [-0.2, -0.15) is 0 Å². The van der Waals surface area contributed by atoms with E-state index >= 15 is 0 Å². The second kappa shape index (κ2) is 6.05. The molecule has 0 atom stereocenters. The Balaban J connectivity index is 2.54. The van der Waals surface area contributed by atoms with Gasteiger partial charge in [-0.05, 0) is 19.1 Å². The molecule has 0 aliphatic rings. The molecule has 0 saturated heterocycles. The molecule has 0 saturated carbocycles. The number of benzene rings is 1. The number of hydrogen-bond acceptors (Lipinski definition) is 3. The summed E-state index contributed by atoms with van der Waals surface area (Å²) in [6, 6.07) is 7.05. The Morgan fingerprint density at radius 3 is 2.75 bits per heavy atom. The van der Waals surface area contributed by atoms with Gasteiger partial charge in [-0.3, -0.25) is 14.2 Å². The van der Waals surface area contributed by atoms with E-state index in [1.807, 2.05) is 13.0 Å². The summed E-state index contributed by atoms with van der Waals surface area (Å²) < 4.78 is 1.35. The molecule has 0 aliphatic carbocycles. The van der Waals surface area contributed by atoms with Crippen LogP contribution >= 0.6 is 11.6 Å². The minimum Gasteiger partial charge on any atom is -0.344 e. The lowest BCUT2D eigenvalue weighted by Crippen LogP contribution is -2.35. The minimum absolute atomic E-state index is 0.0386. The molecule has 0 bridgehead atoms. The van der Waals surface area contributed by atoms with Crippen LogP contribution in [0.2, 0.25) is 0 Å². The van der Waals surface area contributed by atoms with Crippen molar-refractivity contribution in [2.24, 2.45) is 0 Å². The van der Waals surface area contributed by atoms with Crippen LogP contribution in [-0.2, 0) is 17.2 Å². The van der Waals surface area contributed by atoms with E-state index in [4.69, 9.17) is 11.6 Å². The number of halogens is 1. The van der Waals surface area contributed by atoms with Crippen molar-refractivity contribution in [3.63, 3.8) is 0 Å². The first-order chi connectivity index (χ1) is 9.58. The number of carbonyl (C=O) groups is 1. The van der Waals surface area contributed by atoms with Crippen LogP contribution in [0.3, 0.4) is 0 Å². The molecule has 2 rings (SSSR count). The third kappa shape index (κ3) is 2.67. The van der Waals surface area contributed by atoms with Crippen molar-refractivity contribution in [1.29, 1.82) is 0 Å². The van der Waals surface area contributed by atoms with Gasteiger partial charge in [0.2, 0.25) is 5.91 Å². The third-order valence-electron chi connectivity index (χ3n) is 3.25. The first-order valence-electron chi connectivity index (χ1n) is 6.36. The van der Waals surface area contributed by atoms with Crippen molar-refractivity contribution in [3.05, 3.63) is 40.4 Å². The van der Waals surface area contributed by atoms with Gasteiger partial charge in [-0.25, -0.2) is 4.98 Å². The van der Waals surface area contributed by atoms with Crippen molar-refractivity contribution in [2.45, 2.75) is 19.3 Å². The zero-order valence-electron chi connectivity index (χ0n) is 11.5. The summed E-state index contributed by atoms with van der Waals surface area (Å²) in [6.45, 7) is 2.43. The first kappa shape index (κ1) is 14.5. The molecule has 0 fully saturated rings. The number of para-hydroxylation sites is 1. The van der Waals surface area contributed by atoms with E-state index in [1.54, 1.807) is 30.1 Å². The van der Waals surface area contributed by atoms with Gasteiger partial charge in [-0.1, -0.05) is 12.1 Å². The van der Waals surface area contributed by atoms with Gasteiger partial charge in [0.05, 0.1) is 16.8 Å². The first-order valence-corrected chi connectivity index (χ1v) is 6.90. The molecule has 0 spiro atoms. The zero-order valence-corrected chi connectivity index (χ0v) is 12.2. The topological polar surface area (TPSA) is 55.2 Å². The van der Waals surface area contributed by atoms with Crippen LogP contribution in [0.1, 0.15) is 12.7 Å². The van der Waals surface area contributed by atoms with E-state index in [9.17, 15) is 9.59 Å². The Bertz CT molecular complexity index is 696. The van der Waals surface area contributed by atoms with Crippen LogP contribution in [0.4, 0.5) is 0 Å². The van der Waals surface area contributed by atoms with Crippen molar-refractivity contribution in [3.8, 4) is 0 Å². The molecule has 0 N–H and O–H groups in total. The highest BCUT2D eigenvalue weighted by Gasteiger charge is 2.14. The van der Waals surface area contributed by atoms with Gasteiger partial charge in [0.1, 0.15) is 12.4 Å². The molecule has 1 aromatic carbocycles. The molecular formula is C14H16ClN3O2. The summed E-state index contributed by atoms with van der Waals surface area (Å²) in [7, 11) is 1.70. The van der Waals surface area contributed by atoms with Crippen molar-refractivity contribution >= 4 is 28.4 Å². The standard InChI is InChI=1S/C14H16ClN3O2/c1-3-17(2)13(19)9-18-12(8-15)16-11-7-5-4-6-10(11)14(18)20/h4-7H,3,8-9H2,1-2H3. The Hall–Kier alpha value is -1.88. The molecule has 0 radical (unpaired) electrons. The fraction of sp³-hybridized carbons (Fsp3) is 0.357. The van der Waals surface area contributed by atoms with Crippen LogP contribution < -0.4 is 5.56 Å². The monoisotopic (exact) mass is 293 g/mol. The maximum Gasteiger partial charge on any atom is 0.261 e. The number of likely N-dealkylation sites (N-methyl/N-ethyl adjacent to an activating group) is 1. The number of nitrogens with zero attached hydrogens (tertiary/aromatic N) is 3. The van der Waals surface area contributed by atoms with Crippen LogP contribution in [0.5, 0.6) is 0 Å². The number of alkyl halides is 1. The summed E-state index contributed by atoms with van der Waals surface area (Å²) in [6.07, 6.45) is 0. The normalized spacial score (nSPS) is 10.8. The van der Waals surface area contributed by atoms with Crippen molar-refractivity contribution in [2.75, 3.05) is 13.6 Å². The fourth-order valence-corrected chi connectivity index (χ4v) is 2.12. The lowest BCUT2D eigenvalue weighted by atomic mass is 10.2. The van der Waals surface area contributed by atoms with Crippen LogP contribution in [-0.4, -0.2) is 34.0 Å². The summed E-state index contributed by atoms with van der Waals surface area (Å²) in [5, 5.41) is 0.494. The van der Waals surface area contributed by atoms with E-state index in [0.717, 1.165) is 0 Å². The molecule has 2 aromatic rings. The minimum atomic E-state index is -0.232. The summed E-state index contributed by atoms with van der Waals surface area (Å²) in [5.74, 6) is 0.356. The molecule has 1 heterocycles. The molecule has 20 heavy (non-hydrogen) atoms. The maximum atomic E-state index is 12.4. The van der Waals surface area contributed by atoms with Gasteiger partial charge in [0, 0.05) is 13.6 Å². The second-order valence-corrected chi connectivity index (χ2v) is 4.75. The zero-order chi connectivity index (χ0) is 14.7. The Morgan fingerprint density at radius 1 is 1.40 bits per heavy atom. The van der Waals surface area contributed by atoms with Gasteiger partial charge >= 0.3 is 0 Å². The lowest BCUT2D eigenvalue weighted by molar-refractivity contribution is -0.130. The predicted molar refractivity (Wildman–Crippen MR) is 78.9 cm³/mol. The maximum absolute atomic E-state index is 12.4. The Labute approximate surface area is 121 Å². The SMILES string of the molecule is CCN(C)C(=O)Cn1c(CCl)nc2ccccc2c1=O. The highest BCUT2D eigenvalue weighted by Crippen LogP contribution is 2.09. The fourth-order valence-electron chi connectivity index (χ4n) is 1.91.